The summed E-state index contributed by atoms with van der Waals surface area (Å²) in [6, 6.07) is 0. The lowest BCUT2D eigenvalue weighted by atomic mass is 10.3. The van der Waals surface area contributed by atoms with Crippen LogP contribution < -0.4 is 0 Å². The summed E-state index contributed by atoms with van der Waals surface area (Å²) in [7, 11) is 0. The molecule has 1 radical (unpaired) electrons. The number of hydrogen-bond donors (Lipinski definition) is 0. The molecule has 2 heteroatoms. The summed E-state index contributed by atoms with van der Waals surface area (Å²) in [4.78, 5) is 0. The Hall–Kier alpha value is -0.0800. The molecule has 0 aromatic rings. The third kappa shape index (κ3) is 11.9. The van der Waals surface area contributed by atoms with Gasteiger partial charge < -0.3 is 9.47 Å². The molecule has 0 spiro atoms. The van der Waals surface area contributed by atoms with Gasteiger partial charge in [-0.2, -0.15) is 0 Å². The lowest BCUT2D eigenvalue weighted by molar-refractivity contribution is 0.102. The molecule has 0 aliphatic heterocycles. The number of rotatable bonds is 10. The standard InChI is InChI=1S/C11H23O2/c1-3-5-9-13-11-7-6-10-12-8-4-2/h1,3-11H2,2H3. The fourth-order valence-corrected chi connectivity index (χ4v) is 0.961. The van der Waals surface area contributed by atoms with Crippen molar-refractivity contribution < 1.29 is 9.47 Å². The van der Waals surface area contributed by atoms with Crippen LogP contribution in [0.3, 0.4) is 0 Å². The maximum atomic E-state index is 5.39. The van der Waals surface area contributed by atoms with E-state index < -0.39 is 0 Å². The van der Waals surface area contributed by atoms with Crippen LogP contribution in [0.15, 0.2) is 0 Å². The van der Waals surface area contributed by atoms with Crippen molar-refractivity contribution in [3.05, 3.63) is 6.92 Å². The van der Waals surface area contributed by atoms with Crippen LogP contribution in [-0.4, -0.2) is 26.4 Å². The molecule has 2 nitrogen and oxygen atoms in total. The van der Waals surface area contributed by atoms with Crippen molar-refractivity contribution >= 4 is 0 Å². The molecule has 0 heterocycles. The van der Waals surface area contributed by atoms with Crippen LogP contribution in [0, 0.1) is 6.92 Å². The van der Waals surface area contributed by atoms with E-state index in [1.54, 1.807) is 0 Å². The van der Waals surface area contributed by atoms with Gasteiger partial charge in [0.2, 0.25) is 0 Å². The van der Waals surface area contributed by atoms with E-state index >= 15 is 0 Å². The Morgan fingerprint density at radius 3 is 1.92 bits per heavy atom. The normalized spacial score (nSPS) is 10.6. The molecule has 13 heavy (non-hydrogen) atoms. The van der Waals surface area contributed by atoms with Crippen molar-refractivity contribution in [3.63, 3.8) is 0 Å². The summed E-state index contributed by atoms with van der Waals surface area (Å²) in [5.74, 6) is 0. The fraction of sp³-hybridized carbons (Fsp3) is 0.909. The van der Waals surface area contributed by atoms with Gasteiger partial charge in [-0.1, -0.05) is 20.3 Å². The zero-order chi connectivity index (χ0) is 9.78. The molecule has 0 unspecified atom stereocenters. The summed E-state index contributed by atoms with van der Waals surface area (Å²) >= 11 is 0. The van der Waals surface area contributed by atoms with E-state index in [1.165, 1.54) is 0 Å². The van der Waals surface area contributed by atoms with Crippen LogP contribution in [0.4, 0.5) is 0 Å². The Kier molecular flexibility index (Phi) is 11.8. The second kappa shape index (κ2) is 11.9. The Bertz CT molecular complexity index is 74.2. The molecule has 0 atom stereocenters. The van der Waals surface area contributed by atoms with E-state index in [-0.39, 0.29) is 0 Å². The maximum Gasteiger partial charge on any atom is 0.0466 e. The second-order valence-corrected chi connectivity index (χ2v) is 3.14. The van der Waals surface area contributed by atoms with E-state index in [9.17, 15) is 0 Å². The highest BCUT2D eigenvalue weighted by atomic mass is 16.5. The summed E-state index contributed by atoms with van der Waals surface area (Å²) in [6.07, 6.45) is 5.39. The van der Waals surface area contributed by atoms with Crippen LogP contribution >= 0.6 is 0 Å². The van der Waals surface area contributed by atoms with Gasteiger partial charge in [-0.3, -0.25) is 0 Å². The third-order valence-electron chi connectivity index (χ3n) is 1.71. The fourth-order valence-electron chi connectivity index (χ4n) is 0.961. The second-order valence-electron chi connectivity index (χ2n) is 3.14. The van der Waals surface area contributed by atoms with E-state index in [1.807, 2.05) is 0 Å². The molecule has 0 bridgehead atoms. The summed E-state index contributed by atoms with van der Waals surface area (Å²) in [5, 5.41) is 0. The maximum absolute atomic E-state index is 5.39. The van der Waals surface area contributed by atoms with Crippen molar-refractivity contribution in [2.24, 2.45) is 0 Å². The highest BCUT2D eigenvalue weighted by Gasteiger charge is 1.90. The average molecular weight is 187 g/mol. The topological polar surface area (TPSA) is 18.5 Å². The van der Waals surface area contributed by atoms with Crippen molar-refractivity contribution in [2.75, 3.05) is 26.4 Å². The number of unbranched alkanes of at least 4 members (excludes halogenated alkanes) is 2. The first-order valence-corrected chi connectivity index (χ1v) is 5.36. The largest absolute Gasteiger partial charge is 0.381 e. The molecule has 0 amide bonds. The highest BCUT2D eigenvalue weighted by Crippen LogP contribution is 1.94. The molecule has 0 rings (SSSR count). The first kappa shape index (κ1) is 12.9. The first-order chi connectivity index (χ1) is 6.41. The van der Waals surface area contributed by atoms with Gasteiger partial charge in [-0.05, 0) is 25.7 Å². The van der Waals surface area contributed by atoms with Crippen molar-refractivity contribution in [3.8, 4) is 0 Å². The summed E-state index contributed by atoms with van der Waals surface area (Å²) in [5.41, 5.74) is 0. The molecule has 0 N–H and O–H groups in total. The molecule has 0 aliphatic carbocycles. The Balaban J connectivity index is 2.76. The van der Waals surface area contributed by atoms with Crippen molar-refractivity contribution in [1.29, 1.82) is 0 Å². The molecular weight excluding hydrogens is 164 g/mol. The number of ether oxygens (including phenoxy) is 2. The Morgan fingerprint density at radius 1 is 0.846 bits per heavy atom. The van der Waals surface area contributed by atoms with E-state index in [0.29, 0.717) is 0 Å². The van der Waals surface area contributed by atoms with Crippen LogP contribution in [0.25, 0.3) is 0 Å². The minimum Gasteiger partial charge on any atom is -0.381 e. The van der Waals surface area contributed by atoms with Gasteiger partial charge in [0.1, 0.15) is 0 Å². The van der Waals surface area contributed by atoms with Crippen LogP contribution in [0.5, 0.6) is 0 Å². The number of hydrogen-bond acceptors (Lipinski definition) is 2. The zero-order valence-corrected chi connectivity index (χ0v) is 8.89. The van der Waals surface area contributed by atoms with Gasteiger partial charge in [0, 0.05) is 26.4 Å². The highest BCUT2D eigenvalue weighted by molar-refractivity contribution is 4.41. The molecular formula is C11H23O2. The van der Waals surface area contributed by atoms with Gasteiger partial charge in [0.25, 0.3) is 0 Å². The Labute approximate surface area is 82.6 Å². The zero-order valence-electron chi connectivity index (χ0n) is 8.89. The molecule has 0 saturated carbocycles. The Morgan fingerprint density at radius 2 is 1.38 bits per heavy atom. The van der Waals surface area contributed by atoms with Gasteiger partial charge in [-0.15, -0.1) is 0 Å². The minimum atomic E-state index is 0.860. The molecule has 0 aromatic heterocycles. The molecule has 0 aromatic carbocycles. The molecule has 79 valence electrons. The predicted octanol–water partition coefficient (Wildman–Crippen LogP) is 2.82. The SMILES string of the molecule is [CH2]CCCOCCCCOCCC. The molecule has 0 aliphatic rings. The molecule has 0 saturated heterocycles. The first-order valence-electron chi connectivity index (χ1n) is 5.36. The third-order valence-corrected chi connectivity index (χ3v) is 1.71. The average Bonchev–Trinajstić information content (AvgIpc) is 2.16. The van der Waals surface area contributed by atoms with Gasteiger partial charge in [0.05, 0.1) is 0 Å². The van der Waals surface area contributed by atoms with Crippen LogP contribution in [0.1, 0.15) is 39.0 Å². The van der Waals surface area contributed by atoms with Gasteiger partial charge in [-0.25, -0.2) is 0 Å². The van der Waals surface area contributed by atoms with Crippen molar-refractivity contribution in [1.82, 2.24) is 0 Å². The quantitative estimate of drug-likeness (QED) is 0.490. The lowest BCUT2D eigenvalue weighted by Crippen LogP contribution is -2.00. The van der Waals surface area contributed by atoms with Gasteiger partial charge in [0.15, 0.2) is 0 Å². The lowest BCUT2D eigenvalue weighted by Gasteiger charge is -2.03. The minimum absolute atomic E-state index is 0.860. The van der Waals surface area contributed by atoms with Crippen molar-refractivity contribution in [2.45, 2.75) is 39.0 Å². The van der Waals surface area contributed by atoms with E-state index in [0.717, 1.165) is 58.5 Å². The summed E-state index contributed by atoms with van der Waals surface area (Å²) in [6.45, 7) is 9.38. The van der Waals surface area contributed by atoms with Crippen LogP contribution in [0.2, 0.25) is 0 Å². The predicted molar refractivity (Wildman–Crippen MR) is 55.8 cm³/mol. The monoisotopic (exact) mass is 187 g/mol. The van der Waals surface area contributed by atoms with E-state index in [4.69, 9.17) is 9.47 Å². The van der Waals surface area contributed by atoms with Crippen LogP contribution in [-0.2, 0) is 9.47 Å². The smallest absolute Gasteiger partial charge is 0.0466 e. The molecule has 0 fully saturated rings. The summed E-state index contributed by atoms with van der Waals surface area (Å²) < 4.78 is 10.7. The van der Waals surface area contributed by atoms with Gasteiger partial charge >= 0.3 is 0 Å². The van der Waals surface area contributed by atoms with E-state index in [2.05, 4.69) is 13.8 Å².